The van der Waals surface area contributed by atoms with Crippen molar-refractivity contribution in [1.82, 2.24) is 0 Å². The average Bonchev–Trinajstić information content (AvgIpc) is 2.58. The van der Waals surface area contributed by atoms with Crippen molar-refractivity contribution in [2.75, 3.05) is 0 Å². The van der Waals surface area contributed by atoms with Crippen LogP contribution in [0.3, 0.4) is 0 Å². The molecule has 7 nitrogen and oxygen atoms in total. The fourth-order valence-electron chi connectivity index (χ4n) is 3.80. The summed E-state index contributed by atoms with van der Waals surface area (Å²) in [5.74, 6) is -3.26. The first-order valence-electron chi connectivity index (χ1n) is 10.6. The van der Waals surface area contributed by atoms with Crippen molar-refractivity contribution in [3.63, 3.8) is 0 Å². The summed E-state index contributed by atoms with van der Waals surface area (Å²) >= 11 is 0. The predicted octanol–water partition coefficient (Wildman–Crippen LogP) is 4.90. The minimum Gasteiger partial charge on any atom is -0.481 e. The van der Waals surface area contributed by atoms with Gasteiger partial charge >= 0.3 is 11.9 Å². The summed E-state index contributed by atoms with van der Waals surface area (Å²) in [5, 5.41) is 16.9. The second-order valence-corrected chi connectivity index (χ2v) is 9.23. The van der Waals surface area contributed by atoms with Gasteiger partial charge in [-0.05, 0) is 12.8 Å². The number of carboxylic acids is 2. The molecule has 1 radical (unpaired) electrons. The molecule has 0 aliphatic carbocycles. The zero-order valence-electron chi connectivity index (χ0n) is 17.7. The summed E-state index contributed by atoms with van der Waals surface area (Å²) in [4.78, 5) is 23.8. The Morgan fingerprint density at radius 2 is 1.10 bits per heavy atom. The van der Waals surface area contributed by atoms with E-state index in [0.717, 1.165) is 51.4 Å². The van der Waals surface area contributed by atoms with Crippen LogP contribution >= 0.6 is 0 Å². The van der Waals surface area contributed by atoms with Gasteiger partial charge in [-0.15, -0.1) is 0 Å². The summed E-state index contributed by atoms with van der Waals surface area (Å²) in [6.45, 7) is 4.17. The molecule has 0 bridgehead atoms. The van der Waals surface area contributed by atoms with Gasteiger partial charge in [0.25, 0.3) is 10.1 Å². The molecule has 0 aromatic rings. The van der Waals surface area contributed by atoms with Gasteiger partial charge in [-0.3, -0.25) is 14.1 Å². The van der Waals surface area contributed by atoms with Gasteiger partial charge in [-0.1, -0.05) is 90.9 Å². The maximum atomic E-state index is 12.1. The Kier molecular flexibility index (Phi) is 17.0. The zero-order valence-corrected chi connectivity index (χ0v) is 19.4. The number of unbranched alkanes of at least 4 members (excludes halogenated alkanes) is 10. The molecule has 1 atom stereocenters. The molecule has 0 heterocycles. The third-order valence-corrected chi connectivity index (χ3v) is 6.65. The Balaban J connectivity index is 0. The van der Waals surface area contributed by atoms with E-state index in [2.05, 4.69) is 13.8 Å². The molecule has 0 aromatic carbocycles. The Hall–Kier alpha value is -0.631. The Morgan fingerprint density at radius 1 is 0.759 bits per heavy atom. The topological polar surface area (TPSA) is 129 Å². The number of rotatable bonds is 18. The molecule has 9 heteroatoms. The zero-order chi connectivity index (χ0) is 21.6. The van der Waals surface area contributed by atoms with Crippen LogP contribution in [0.1, 0.15) is 104 Å². The number of hydrogen-bond donors (Lipinski definition) is 3. The van der Waals surface area contributed by atoms with Crippen molar-refractivity contribution in [2.45, 2.75) is 109 Å². The first-order chi connectivity index (χ1) is 13.1. The van der Waals surface area contributed by atoms with Gasteiger partial charge in [0.2, 0.25) is 0 Å². The second kappa shape index (κ2) is 16.1. The van der Waals surface area contributed by atoms with E-state index in [1.165, 1.54) is 0 Å². The van der Waals surface area contributed by atoms with Crippen molar-refractivity contribution in [3.05, 3.63) is 0 Å². The van der Waals surface area contributed by atoms with Crippen LogP contribution in [-0.2, 0) is 36.8 Å². The molecule has 0 aromatic heterocycles. The van der Waals surface area contributed by atoms with Crippen LogP contribution in [0, 0.1) is 5.41 Å². The van der Waals surface area contributed by atoms with Crippen LogP contribution < -0.4 is 0 Å². The molecule has 0 spiro atoms. The Labute approximate surface area is 186 Å². The molecule has 3 N–H and O–H groups in total. The molecule has 0 saturated heterocycles. The van der Waals surface area contributed by atoms with E-state index in [9.17, 15) is 32.8 Å². The monoisotopic (exact) mass is 485 g/mol. The number of hydrogen-bond acceptors (Lipinski definition) is 4. The van der Waals surface area contributed by atoms with Crippen LogP contribution in [-0.4, -0.2) is 40.4 Å². The quantitative estimate of drug-likeness (QED) is 0.143. The van der Waals surface area contributed by atoms with Crippen LogP contribution in [0.4, 0.5) is 0 Å². The predicted molar refractivity (Wildman–Crippen MR) is 109 cm³/mol. The van der Waals surface area contributed by atoms with Gasteiger partial charge in [0.05, 0.1) is 5.41 Å². The van der Waals surface area contributed by atoms with E-state index >= 15 is 0 Å². The molecular formula is C20H38CuO7S. The first-order valence-corrected chi connectivity index (χ1v) is 12.1. The van der Waals surface area contributed by atoms with Gasteiger partial charge in [0, 0.05) is 17.1 Å². The normalized spacial score (nSPS) is 12.9. The van der Waals surface area contributed by atoms with Crippen LogP contribution in [0.5, 0.6) is 0 Å². The van der Waals surface area contributed by atoms with Crippen molar-refractivity contribution < 1.29 is 49.8 Å². The Morgan fingerprint density at radius 3 is 1.38 bits per heavy atom. The Bertz CT molecular complexity index is 547. The van der Waals surface area contributed by atoms with E-state index in [-0.39, 0.29) is 29.9 Å². The van der Waals surface area contributed by atoms with Gasteiger partial charge in [0.1, 0.15) is 0 Å². The number of carboxylic acid groups (broad SMARTS) is 2. The van der Waals surface area contributed by atoms with E-state index in [1.807, 2.05) is 0 Å². The third-order valence-electron chi connectivity index (χ3n) is 5.40. The molecule has 0 aliphatic rings. The molecule has 0 amide bonds. The van der Waals surface area contributed by atoms with Gasteiger partial charge in [-0.25, -0.2) is 0 Å². The second-order valence-electron chi connectivity index (χ2n) is 7.73. The summed E-state index contributed by atoms with van der Waals surface area (Å²) in [6.07, 6.45) is 10.2. The van der Waals surface area contributed by atoms with Crippen LogP contribution in [0.15, 0.2) is 0 Å². The number of aliphatic carboxylic acids is 2. The molecular weight excluding hydrogens is 448 g/mol. The average molecular weight is 486 g/mol. The first kappa shape index (κ1) is 30.6. The summed E-state index contributed by atoms with van der Waals surface area (Å²) in [6, 6.07) is 0. The molecule has 29 heavy (non-hydrogen) atoms. The van der Waals surface area contributed by atoms with E-state index in [0.29, 0.717) is 25.7 Å². The standard InChI is InChI=1S/C20H38O7S.Cu/c1-3-5-7-9-11-13-15-20(19(23)24,16-14-12-10-8-6-4-2)17(18(21)22)28(25,26)27;/h17H,3-16H2,1-2H3,(H,21,22)(H,23,24)(H,25,26,27);. The fraction of sp³-hybridized carbons (Fsp3) is 0.900. The van der Waals surface area contributed by atoms with Crippen LogP contribution in [0.25, 0.3) is 0 Å². The largest absolute Gasteiger partial charge is 0.481 e. The van der Waals surface area contributed by atoms with E-state index in [1.54, 1.807) is 0 Å². The van der Waals surface area contributed by atoms with Crippen molar-refractivity contribution in [1.29, 1.82) is 0 Å². The maximum absolute atomic E-state index is 12.1. The van der Waals surface area contributed by atoms with Crippen molar-refractivity contribution >= 4 is 22.1 Å². The SMILES string of the molecule is CCCCCCCCC(CCCCCCCC)(C(=O)O)C(C(=O)O)S(=O)(=O)O.[Cu]. The summed E-state index contributed by atoms with van der Waals surface area (Å²) < 4.78 is 33.1. The van der Waals surface area contributed by atoms with E-state index < -0.39 is 32.7 Å². The molecule has 0 saturated carbocycles. The minimum atomic E-state index is -5.05. The molecule has 1 unspecified atom stereocenters. The summed E-state index contributed by atoms with van der Waals surface area (Å²) in [7, 11) is -5.05. The van der Waals surface area contributed by atoms with Crippen molar-refractivity contribution in [3.8, 4) is 0 Å². The molecule has 0 rings (SSSR count). The fourth-order valence-corrected chi connectivity index (χ4v) is 4.97. The smallest absolute Gasteiger partial charge is 0.325 e. The van der Waals surface area contributed by atoms with Gasteiger partial charge in [-0.2, -0.15) is 8.42 Å². The minimum absolute atomic E-state index is 0. The molecule has 177 valence electrons. The van der Waals surface area contributed by atoms with Gasteiger partial charge in [0.15, 0.2) is 5.25 Å². The number of carbonyl (C=O) groups is 2. The van der Waals surface area contributed by atoms with Crippen molar-refractivity contribution in [2.24, 2.45) is 5.41 Å². The molecule has 0 fully saturated rings. The summed E-state index contributed by atoms with van der Waals surface area (Å²) in [5.41, 5.74) is -2.01. The molecule has 0 aliphatic heterocycles. The maximum Gasteiger partial charge on any atom is 0.325 e. The van der Waals surface area contributed by atoms with Gasteiger partial charge < -0.3 is 10.2 Å². The third kappa shape index (κ3) is 11.4. The van der Waals surface area contributed by atoms with E-state index in [4.69, 9.17) is 0 Å². The van der Waals surface area contributed by atoms with Crippen LogP contribution in [0.2, 0.25) is 0 Å².